The largest absolute Gasteiger partial charge is 0.480 e. The van der Waals surface area contributed by atoms with E-state index in [9.17, 15) is 9.36 Å². The van der Waals surface area contributed by atoms with Gasteiger partial charge >= 0.3 is 13.8 Å². The van der Waals surface area contributed by atoms with Gasteiger partial charge in [-0.2, -0.15) is 0 Å². The molecule has 0 aliphatic heterocycles. The van der Waals surface area contributed by atoms with Gasteiger partial charge < -0.3 is 30.1 Å². The fourth-order valence-corrected chi connectivity index (χ4v) is 2.97. The standard InChI is InChI=1S/C19H24NO8P/c1-11-8-15(4-5-17(11)26-10-27-29(23,24)25)28-18-12(2)6-14(7-13(18)3)9-16(20)19(21)22/h4-8,16H,9-10,20H2,1-3H3,(H,21,22)(H2,23,24,25)/t16-/m0/s1. The highest BCUT2D eigenvalue weighted by atomic mass is 31.2. The molecule has 0 aromatic heterocycles. The molecular weight excluding hydrogens is 401 g/mol. The van der Waals surface area contributed by atoms with E-state index in [1.54, 1.807) is 25.1 Å². The highest BCUT2D eigenvalue weighted by molar-refractivity contribution is 7.46. The smallest absolute Gasteiger partial charge is 0.472 e. The highest BCUT2D eigenvalue weighted by Gasteiger charge is 2.16. The third-order valence-corrected chi connectivity index (χ3v) is 4.54. The summed E-state index contributed by atoms with van der Waals surface area (Å²) >= 11 is 0. The molecule has 2 aromatic rings. The Hall–Kier alpha value is -2.42. The van der Waals surface area contributed by atoms with Crippen LogP contribution in [-0.4, -0.2) is 33.7 Å². The van der Waals surface area contributed by atoms with Crippen molar-refractivity contribution in [2.75, 3.05) is 6.79 Å². The van der Waals surface area contributed by atoms with Gasteiger partial charge in [-0.15, -0.1) is 0 Å². The molecule has 0 unspecified atom stereocenters. The van der Waals surface area contributed by atoms with Crippen LogP contribution in [0.25, 0.3) is 0 Å². The lowest BCUT2D eigenvalue weighted by Crippen LogP contribution is -2.32. The van der Waals surface area contributed by atoms with Gasteiger partial charge in [-0.05, 0) is 67.6 Å². The van der Waals surface area contributed by atoms with Crippen LogP contribution < -0.4 is 15.2 Å². The van der Waals surface area contributed by atoms with Crippen LogP contribution in [0, 0.1) is 20.8 Å². The Morgan fingerprint density at radius 2 is 1.72 bits per heavy atom. The Bertz CT molecular complexity index is 917. The minimum absolute atomic E-state index is 0.221. The van der Waals surface area contributed by atoms with E-state index in [-0.39, 0.29) is 6.42 Å². The Kier molecular flexibility index (Phi) is 7.40. The van der Waals surface area contributed by atoms with Gasteiger partial charge in [0.15, 0.2) is 6.79 Å². The van der Waals surface area contributed by atoms with Gasteiger partial charge in [-0.3, -0.25) is 4.79 Å². The summed E-state index contributed by atoms with van der Waals surface area (Å²) < 4.78 is 26.1. The summed E-state index contributed by atoms with van der Waals surface area (Å²) in [6, 6.07) is 7.71. The van der Waals surface area contributed by atoms with Crippen molar-refractivity contribution in [3.8, 4) is 17.2 Å². The van der Waals surface area contributed by atoms with Crippen LogP contribution in [0.15, 0.2) is 30.3 Å². The normalized spacial score (nSPS) is 12.5. The SMILES string of the molecule is Cc1cc(Oc2c(C)cc(C[C@H](N)C(=O)O)cc2C)ccc1OCOP(=O)(O)O. The van der Waals surface area contributed by atoms with Crippen LogP contribution >= 0.6 is 7.82 Å². The molecule has 2 rings (SSSR count). The predicted molar refractivity (Wildman–Crippen MR) is 105 cm³/mol. The van der Waals surface area contributed by atoms with E-state index in [1.165, 1.54) is 0 Å². The molecule has 0 bridgehead atoms. The van der Waals surface area contributed by atoms with Crippen LogP contribution in [0.2, 0.25) is 0 Å². The first-order valence-electron chi connectivity index (χ1n) is 8.66. The maximum absolute atomic E-state index is 10.9. The van der Waals surface area contributed by atoms with Gasteiger partial charge in [0.2, 0.25) is 0 Å². The zero-order valence-electron chi connectivity index (χ0n) is 16.3. The second kappa shape index (κ2) is 9.39. The molecule has 0 aliphatic carbocycles. The Morgan fingerprint density at radius 1 is 1.10 bits per heavy atom. The van der Waals surface area contributed by atoms with Gasteiger partial charge in [0.25, 0.3) is 0 Å². The number of carboxylic acid groups (broad SMARTS) is 1. The van der Waals surface area contributed by atoms with Crippen LogP contribution in [0.5, 0.6) is 17.2 Å². The Morgan fingerprint density at radius 3 is 2.24 bits per heavy atom. The number of ether oxygens (including phenoxy) is 2. The molecule has 0 amide bonds. The lowest BCUT2D eigenvalue weighted by molar-refractivity contribution is -0.138. The van der Waals surface area contributed by atoms with Crippen molar-refractivity contribution in [3.63, 3.8) is 0 Å². The van der Waals surface area contributed by atoms with Crippen molar-refractivity contribution in [1.82, 2.24) is 0 Å². The summed E-state index contributed by atoms with van der Waals surface area (Å²) in [6.45, 7) is 4.91. The number of phosphoric acid groups is 1. The first-order valence-corrected chi connectivity index (χ1v) is 10.2. The number of carboxylic acids is 1. The molecule has 10 heteroatoms. The number of aryl methyl sites for hydroxylation is 3. The minimum atomic E-state index is -4.59. The molecule has 0 spiro atoms. The molecular formula is C19H24NO8P. The number of hydrogen-bond acceptors (Lipinski definition) is 6. The lowest BCUT2D eigenvalue weighted by Gasteiger charge is -2.16. The van der Waals surface area contributed by atoms with E-state index in [2.05, 4.69) is 4.52 Å². The summed E-state index contributed by atoms with van der Waals surface area (Å²) in [4.78, 5) is 28.3. The van der Waals surface area contributed by atoms with Crippen molar-refractivity contribution in [1.29, 1.82) is 0 Å². The average Bonchev–Trinajstić information content (AvgIpc) is 2.59. The molecule has 29 heavy (non-hydrogen) atoms. The molecule has 0 heterocycles. The number of nitrogens with two attached hydrogens (primary N) is 1. The van der Waals surface area contributed by atoms with Crippen LogP contribution in [0.3, 0.4) is 0 Å². The molecule has 158 valence electrons. The molecule has 0 fully saturated rings. The average molecular weight is 425 g/mol. The second-order valence-electron chi connectivity index (χ2n) is 6.62. The van der Waals surface area contributed by atoms with E-state index in [1.807, 2.05) is 26.0 Å². The summed E-state index contributed by atoms with van der Waals surface area (Å²) in [5.74, 6) is 0.546. The molecule has 9 nitrogen and oxygen atoms in total. The lowest BCUT2D eigenvalue weighted by atomic mass is 10.0. The third kappa shape index (κ3) is 6.85. The van der Waals surface area contributed by atoms with Crippen LogP contribution in [-0.2, 0) is 20.3 Å². The summed E-state index contributed by atoms with van der Waals surface area (Å²) in [5, 5.41) is 8.97. The summed E-state index contributed by atoms with van der Waals surface area (Å²) in [7, 11) is -4.59. The monoisotopic (exact) mass is 425 g/mol. The Labute approximate surface area is 168 Å². The van der Waals surface area contributed by atoms with Crippen LogP contribution in [0.4, 0.5) is 0 Å². The zero-order valence-corrected chi connectivity index (χ0v) is 17.2. The molecule has 5 N–H and O–H groups in total. The van der Waals surface area contributed by atoms with Gasteiger partial charge in [-0.1, -0.05) is 12.1 Å². The number of benzene rings is 2. The quantitative estimate of drug-likeness (QED) is 0.351. The first-order chi connectivity index (χ1) is 13.5. The zero-order chi connectivity index (χ0) is 21.8. The van der Waals surface area contributed by atoms with Gasteiger partial charge in [0, 0.05) is 0 Å². The van der Waals surface area contributed by atoms with E-state index in [0.717, 1.165) is 16.7 Å². The van der Waals surface area contributed by atoms with Gasteiger partial charge in [0.1, 0.15) is 23.3 Å². The topological polar surface area (TPSA) is 149 Å². The minimum Gasteiger partial charge on any atom is -0.480 e. The van der Waals surface area contributed by atoms with Crippen molar-refractivity contribution >= 4 is 13.8 Å². The molecule has 0 saturated heterocycles. The van der Waals surface area contributed by atoms with Gasteiger partial charge in [-0.25, -0.2) is 9.09 Å². The predicted octanol–water partition coefficient (Wildman–Crippen LogP) is 2.80. The summed E-state index contributed by atoms with van der Waals surface area (Å²) in [5.41, 5.74) is 8.78. The van der Waals surface area contributed by atoms with Crippen molar-refractivity contribution in [2.45, 2.75) is 33.2 Å². The number of hydrogen-bond donors (Lipinski definition) is 4. The summed E-state index contributed by atoms with van der Waals surface area (Å²) in [6.07, 6.45) is 0.221. The first kappa shape index (κ1) is 22.9. The third-order valence-electron chi connectivity index (χ3n) is 4.09. The van der Waals surface area contributed by atoms with Crippen molar-refractivity contribution in [3.05, 3.63) is 52.6 Å². The molecule has 2 aromatic carbocycles. The second-order valence-corrected chi connectivity index (χ2v) is 7.86. The molecule has 0 saturated carbocycles. The van der Waals surface area contributed by atoms with E-state index in [4.69, 9.17) is 30.1 Å². The van der Waals surface area contributed by atoms with Gasteiger partial charge in [0.05, 0.1) is 0 Å². The maximum Gasteiger partial charge on any atom is 0.472 e. The molecule has 0 aliphatic rings. The van der Waals surface area contributed by atoms with Crippen molar-refractivity contribution in [2.24, 2.45) is 5.73 Å². The number of carbonyl (C=O) groups is 1. The van der Waals surface area contributed by atoms with E-state index >= 15 is 0 Å². The number of aliphatic carboxylic acids is 1. The number of phosphoric ester groups is 1. The fourth-order valence-electron chi connectivity index (χ4n) is 2.78. The van der Waals surface area contributed by atoms with Crippen LogP contribution in [0.1, 0.15) is 22.3 Å². The fraction of sp³-hybridized carbons (Fsp3) is 0.316. The maximum atomic E-state index is 10.9. The molecule has 1 atom stereocenters. The Balaban J connectivity index is 2.12. The van der Waals surface area contributed by atoms with Crippen molar-refractivity contribution < 1.29 is 38.3 Å². The number of rotatable bonds is 9. The van der Waals surface area contributed by atoms with E-state index < -0.39 is 26.6 Å². The molecule has 0 radical (unpaired) electrons. The highest BCUT2D eigenvalue weighted by Crippen LogP contribution is 2.36. The van der Waals surface area contributed by atoms with E-state index in [0.29, 0.717) is 22.8 Å².